The molecule has 1 saturated heterocycles. The van der Waals surface area contributed by atoms with Gasteiger partial charge in [-0.15, -0.1) is 0 Å². The summed E-state index contributed by atoms with van der Waals surface area (Å²) in [7, 11) is 0. The number of rotatable bonds is 1. The highest BCUT2D eigenvalue weighted by Gasteiger charge is 2.35. The van der Waals surface area contributed by atoms with Gasteiger partial charge in [-0.1, -0.05) is 0 Å². The first-order chi connectivity index (χ1) is 8.11. The second-order valence-corrected chi connectivity index (χ2v) is 6.01. The SMILES string of the molecule is CC(=O)OC1(C)CCN(C(=O)OC(C)(C)C)CC1. The molecule has 0 unspecified atom stereocenters. The maximum atomic E-state index is 11.8. The molecule has 1 fully saturated rings. The van der Waals surface area contributed by atoms with Crippen molar-refractivity contribution in [3.8, 4) is 0 Å². The summed E-state index contributed by atoms with van der Waals surface area (Å²) in [4.78, 5) is 24.5. The predicted octanol–water partition coefficient (Wildman–Crippen LogP) is 2.34. The molecule has 5 heteroatoms. The molecule has 0 bridgehead atoms. The Labute approximate surface area is 108 Å². The summed E-state index contributed by atoms with van der Waals surface area (Å²) in [6, 6.07) is 0. The van der Waals surface area contributed by atoms with Gasteiger partial charge in [0, 0.05) is 32.9 Å². The van der Waals surface area contributed by atoms with E-state index < -0.39 is 11.2 Å². The summed E-state index contributed by atoms with van der Waals surface area (Å²) in [6.45, 7) is 9.96. The van der Waals surface area contributed by atoms with E-state index in [9.17, 15) is 9.59 Å². The number of nitrogens with zero attached hydrogens (tertiary/aromatic N) is 1. The van der Waals surface area contributed by atoms with Crippen LogP contribution in [-0.2, 0) is 14.3 Å². The number of carbonyl (C=O) groups is 2. The molecule has 0 N–H and O–H groups in total. The predicted molar refractivity (Wildman–Crippen MR) is 67.2 cm³/mol. The van der Waals surface area contributed by atoms with E-state index in [-0.39, 0.29) is 12.1 Å². The first-order valence-corrected chi connectivity index (χ1v) is 6.29. The third-order valence-corrected chi connectivity index (χ3v) is 2.86. The molecule has 0 aliphatic carbocycles. The van der Waals surface area contributed by atoms with Crippen molar-refractivity contribution < 1.29 is 19.1 Å². The van der Waals surface area contributed by atoms with Crippen molar-refractivity contribution in [2.45, 2.75) is 58.7 Å². The Balaban J connectivity index is 2.48. The molecular weight excluding hydrogens is 234 g/mol. The summed E-state index contributed by atoms with van der Waals surface area (Å²) in [5.41, 5.74) is -0.932. The smallest absolute Gasteiger partial charge is 0.410 e. The number of ether oxygens (including phenoxy) is 2. The summed E-state index contributed by atoms with van der Waals surface area (Å²) in [6.07, 6.45) is 0.991. The van der Waals surface area contributed by atoms with Crippen molar-refractivity contribution in [1.82, 2.24) is 4.90 Å². The Hall–Kier alpha value is -1.26. The van der Waals surface area contributed by atoms with Gasteiger partial charge in [-0.25, -0.2) is 4.79 Å². The summed E-state index contributed by atoms with van der Waals surface area (Å²) < 4.78 is 10.6. The van der Waals surface area contributed by atoms with Gasteiger partial charge in [0.1, 0.15) is 11.2 Å². The second-order valence-electron chi connectivity index (χ2n) is 6.01. The van der Waals surface area contributed by atoms with E-state index in [4.69, 9.17) is 9.47 Å². The molecule has 0 spiro atoms. The fourth-order valence-electron chi connectivity index (χ4n) is 1.94. The molecule has 1 aliphatic heterocycles. The average molecular weight is 257 g/mol. The molecule has 0 atom stereocenters. The third-order valence-electron chi connectivity index (χ3n) is 2.86. The molecule has 0 radical (unpaired) electrons. The largest absolute Gasteiger partial charge is 0.459 e. The highest BCUT2D eigenvalue weighted by atomic mass is 16.6. The van der Waals surface area contributed by atoms with E-state index in [1.807, 2.05) is 27.7 Å². The number of likely N-dealkylation sites (tertiary alicyclic amines) is 1. The summed E-state index contributed by atoms with van der Waals surface area (Å²) >= 11 is 0. The van der Waals surface area contributed by atoms with Crippen molar-refractivity contribution in [3.05, 3.63) is 0 Å². The Morgan fingerprint density at radius 2 is 1.67 bits per heavy atom. The van der Waals surface area contributed by atoms with Gasteiger partial charge in [-0.3, -0.25) is 4.79 Å². The van der Waals surface area contributed by atoms with Crippen LogP contribution in [0.4, 0.5) is 4.79 Å². The molecular formula is C13H23NO4. The number of hydrogen-bond donors (Lipinski definition) is 0. The quantitative estimate of drug-likeness (QED) is 0.677. The molecule has 0 saturated carbocycles. The molecule has 1 rings (SSSR count). The van der Waals surface area contributed by atoms with Gasteiger partial charge in [-0.05, 0) is 27.7 Å². The van der Waals surface area contributed by atoms with Crippen LogP contribution in [0.5, 0.6) is 0 Å². The van der Waals surface area contributed by atoms with Gasteiger partial charge in [0.05, 0.1) is 0 Å². The number of carbonyl (C=O) groups excluding carboxylic acids is 2. The number of amides is 1. The number of esters is 1. The Morgan fingerprint density at radius 1 is 1.17 bits per heavy atom. The van der Waals surface area contributed by atoms with Crippen LogP contribution < -0.4 is 0 Å². The lowest BCUT2D eigenvalue weighted by Crippen LogP contribution is -2.48. The lowest BCUT2D eigenvalue weighted by atomic mass is 9.93. The van der Waals surface area contributed by atoms with Crippen molar-refractivity contribution in [2.24, 2.45) is 0 Å². The van der Waals surface area contributed by atoms with Crippen LogP contribution in [0.3, 0.4) is 0 Å². The zero-order valence-electron chi connectivity index (χ0n) is 11.9. The molecule has 0 aromatic heterocycles. The Kier molecular flexibility index (Phi) is 4.24. The van der Waals surface area contributed by atoms with Crippen LogP contribution in [-0.4, -0.2) is 41.3 Å². The van der Waals surface area contributed by atoms with Crippen LogP contribution in [0.2, 0.25) is 0 Å². The molecule has 18 heavy (non-hydrogen) atoms. The van der Waals surface area contributed by atoms with Gasteiger partial charge in [0.2, 0.25) is 0 Å². The molecule has 0 aromatic carbocycles. The average Bonchev–Trinajstić information content (AvgIpc) is 2.13. The third kappa shape index (κ3) is 4.55. The monoisotopic (exact) mass is 257 g/mol. The zero-order valence-corrected chi connectivity index (χ0v) is 11.9. The Morgan fingerprint density at radius 3 is 2.06 bits per heavy atom. The standard InChI is InChI=1S/C13H23NO4/c1-10(15)17-13(5)6-8-14(9-7-13)11(16)18-12(2,3)4/h6-9H2,1-5H3. The first kappa shape index (κ1) is 14.8. The van der Waals surface area contributed by atoms with E-state index in [1.165, 1.54) is 6.92 Å². The van der Waals surface area contributed by atoms with E-state index >= 15 is 0 Å². The minimum atomic E-state index is -0.478. The van der Waals surface area contributed by atoms with E-state index in [2.05, 4.69) is 0 Å². The van der Waals surface area contributed by atoms with Gasteiger partial charge >= 0.3 is 12.1 Å². The normalized spacial score (nSPS) is 19.3. The highest BCUT2D eigenvalue weighted by Crippen LogP contribution is 2.26. The van der Waals surface area contributed by atoms with Gasteiger partial charge in [0.15, 0.2) is 0 Å². The molecule has 1 aliphatic rings. The highest BCUT2D eigenvalue weighted by molar-refractivity contribution is 5.68. The Bertz CT molecular complexity index is 324. The molecule has 1 heterocycles. The number of piperidine rings is 1. The second kappa shape index (κ2) is 5.16. The fourth-order valence-corrected chi connectivity index (χ4v) is 1.94. The van der Waals surface area contributed by atoms with E-state index in [0.29, 0.717) is 25.9 Å². The van der Waals surface area contributed by atoms with Crippen LogP contribution in [0.25, 0.3) is 0 Å². The van der Waals surface area contributed by atoms with Gasteiger partial charge in [0.25, 0.3) is 0 Å². The fraction of sp³-hybridized carbons (Fsp3) is 0.846. The van der Waals surface area contributed by atoms with Crippen molar-refractivity contribution >= 4 is 12.1 Å². The summed E-state index contributed by atoms with van der Waals surface area (Å²) in [5, 5.41) is 0. The van der Waals surface area contributed by atoms with Crippen molar-refractivity contribution in [1.29, 1.82) is 0 Å². The zero-order chi connectivity index (χ0) is 14.0. The minimum Gasteiger partial charge on any atom is -0.459 e. The maximum absolute atomic E-state index is 11.8. The molecule has 104 valence electrons. The maximum Gasteiger partial charge on any atom is 0.410 e. The van der Waals surface area contributed by atoms with E-state index in [0.717, 1.165) is 0 Å². The van der Waals surface area contributed by atoms with Crippen LogP contribution in [0, 0.1) is 0 Å². The number of hydrogen-bond acceptors (Lipinski definition) is 4. The van der Waals surface area contributed by atoms with Gasteiger partial charge < -0.3 is 14.4 Å². The first-order valence-electron chi connectivity index (χ1n) is 6.29. The molecule has 1 amide bonds. The molecule has 0 aromatic rings. The van der Waals surface area contributed by atoms with Crippen molar-refractivity contribution in [3.63, 3.8) is 0 Å². The lowest BCUT2D eigenvalue weighted by molar-refractivity contribution is -0.159. The van der Waals surface area contributed by atoms with Crippen LogP contribution >= 0.6 is 0 Å². The molecule has 5 nitrogen and oxygen atoms in total. The van der Waals surface area contributed by atoms with Crippen LogP contribution in [0.1, 0.15) is 47.5 Å². The van der Waals surface area contributed by atoms with Gasteiger partial charge in [-0.2, -0.15) is 0 Å². The summed E-state index contributed by atoms with van der Waals surface area (Å²) in [5.74, 6) is -0.275. The lowest BCUT2D eigenvalue weighted by Gasteiger charge is -2.38. The van der Waals surface area contributed by atoms with Crippen LogP contribution in [0.15, 0.2) is 0 Å². The van der Waals surface area contributed by atoms with E-state index in [1.54, 1.807) is 4.90 Å². The topological polar surface area (TPSA) is 55.8 Å². The van der Waals surface area contributed by atoms with Crippen molar-refractivity contribution in [2.75, 3.05) is 13.1 Å². The minimum absolute atomic E-state index is 0.275.